The van der Waals surface area contributed by atoms with Gasteiger partial charge in [-0.1, -0.05) is 19.9 Å². The number of carbonyl (C=O) groups is 1. The molecule has 15 heavy (non-hydrogen) atoms. The van der Waals surface area contributed by atoms with Crippen LogP contribution in [-0.2, 0) is 10.2 Å². The molecule has 1 aromatic rings. The van der Waals surface area contributed by atoms with Crippen molar-refractivity contribution in [2.24, 2.45) is 0 Å². The highest BCUT2D eigenvalue weighted by Gasteiger charge is 2.32. The molecule has 3 N–H and O–H groups in total. The molecule has 1 aliphatic heterocycles. The van der Waals surface area contributed by atoms with Crippen LogP contribution in [0.1, 0.15) is 31.4 Å². The van der Waals surface area contributed by atoms with E-state index in [-0.39, 0.29) is 11.3 Å². The Hall–Kier alpha value is -1.51. The van der Waals surface area contributed by atoms with Crippen molar-refractivity contribution in [2.75, 3.05) is 11.1 Å². The lowest BCUT2D eigenvalue weighted by atomic mass is 9.77. The standard InChI is InChI=1S/C12H16N2O/c1-7-9(13)5-4-8-11(7)14-10(15)6-12(8,2)3/h4-5H,6,13H2,1-3H3,(H,14,15). The lowest BCUT2D eigenvalue weighted by Crippen LogP contribution is -2.33. The molecule has 80 valence electrons. The van der Waals surface area contributed by atoms with E-state index < -0.39 is 0 Å². The third kappa shape index (κ3) is 1.48. The van der Waals surface area contributed by atoms with Crippen LogP contribution in [0.15, 0.2) is 12.1 Å². The summed E-state index contributed by atoms with van der Waals surface area (Å²) in [6, 6.07) is 3.92. The summed E-state index contributed by atoms with van der Waals surface area (Å²) in [6.45, 7) is 6.11. The Kier molecular flexibility index (Phi) is 2.00. The summed E-state index contributed by atoms with van der Waals surface area (Å²) in [7, 11) is 0. The summed E-state index contributed by atoms with van der Waals surface area (Å²) in [5.41, 5.74) is 9.49. The van der Waals surface area contributed by atoms with Gasteiger partial charge in [-0.25, -0.2) is 0 Å². The molecule has 0 aliphatic carbocycles. The molecule has 0 unspecified atom stereocenters. The molecular formula is C12H16N2O. The molecule has 0 bridgehead atoms. The molecule has 1 amide bonds. The average molecular weight is 204 g/mol. The highest BCUT2D eigenvalue weighted by molar-refractivity contribution is 5.97. The van der Waals surface area contributed by atoms with Crippen LogP contribution >= 0.6 is 0 Å². The summed E-state index contributed by atoms with van der Waals surface area (Å²) >= 11 is 0. The van der Waals surface area contributed by atoms with Gasteiger partial charge in [0.1, 0.15) is 0 Å². The second-order valence-electron chi connectivity index (χ2n) is 4.81. The van der Waals surface area contributed by atoms with E-state index in [1.54, 1.807) is 0 Å². The first kappa shape index (κ1) is 10.0. The largest absolute Gasteiger partial charge is 0.398 e. The van der Waals surface area contributed by atoms with Gasteiger partial charge >= 0.3 is 0 Å². The third-order valence-corrected chi connectivity index (χ3v) is 3.10. The number of nitrogens with one attached hydrogen (secondary N) is 1. The molecule has 2 rings (SSSR count). The van der Waals surface area contributed by atoms with Gasteiger partial charge in [0.2, 0.25) is 5.91 Å². The Morgan fingerprint density at radius 1 is 1.40 bits per heavy atom. The number of rotatable bonds is 0. The van der Waals surface area contributed by atoms with Gasteiger partial charge in [0.15, 0.2) is 0 Å². The van der Waals surface area contributed by atoms with Crippen molar-refractivity contribution < 1.29 is 4.79 Å². The normalized spacial score (nSPS) is 18.2. The number of benzene rings is 1. The van der Waals surface area contributed by atoms with Crippen LogP contribution in [0.5, 0.6) is 0 Å². The molecular weight excluding hydrogens is 188 g/mol. The minimum Gasteiger partial charge on any atom is -0.398 e. The Balaban J connectivity index is 2.67. The van der Waals surface area contributed by atoms with Crippen molar-refractivity contribution in [3.05, 3.63) is 23.3 Å². The Morgan fingerprint density at radius 3 is 2.73 bits per heavy atom. The van der Waals surface area contributed by atoms with E-state index in [0.717, 1.165) is 16.9 Å². The lowest BCUT2D eigenvalue weighted by molar-refractivity contribution is -0.117. The molecule has 0 radical (unpaired) electrons. The van der Waals surface area contributed by atoms with Crippen molar-refractivity contribution in [2.45, 2.75) is 32.6 Å². The first-order valence-corrected chi connectivity index (χ1v) is 5.11. The van der Waals surface area contributed by atoms with Crippen molar-refractivity contribution >= 4 is 17.3 Å². The van der Waals surface area contributed by atoms with E-state index >= 15 is 0 Å². The van der Waals surface area contributed by atoms with E-state index in [4.69, 9.17) is 5.73 Å². The Morgan fingerprint density at radius 2 is 2.07 bits per heavy atom. The molecule has 0 spiro atoms. The van der Waals surface area contributed by atoms with Crippen LogP contribution in [0.3, 0.4) is 0 Å². The maximum Gasteiger partial charge on any atom is 0.225 e. The van der Waals surface area contributed by atoms with Crippen molar-refractivity contribution in [3.8, 4) is 0 Å². The number of nitrogens with two attached hydrogens (primary N) is 1. The van der Waals surface area contributed by atoms with E-state index in [0.29, 0.717) is 6.42 Å². The molecule has 0 saturated carbocycles. The number of amides is 1. The predicted octanol–water partition coefficient (Wildman–Crippen LogP) is 2.20. The van der Waals surface area contributed by atoms with Crippen LogP contribution in [0.25, 0.3) is 0 Å². The SMILES string of the molecule is Cc1c(N)ccc2c1NC(=O)CC2(C)C. The van der Waals surface area contributed by atoms with Crippen molar-refractivity contribution in [1.82, 2.24) is 0 Å². The molecule has 1 aliphatic rings. The number of carbonyl (C=O) groups excluding carboxylic acids is 1. The lowest BCUT2D eigenvalue weighted by Gasteiger charge is -2.33. The van der Waals surface area contributed by atoms with Crippen LogP contribution in [0.4, 0.5) is 11.4 Å². The molecule has 0 aromatic heterocycles. The van der Waals surface area contributed by atoms with E-state index in [1.807, 2.05) is 19.1 Å². The zero-order valence-corrected chi connectivity index (χ0v) is 9.35. The minimum atomic E-state index is -0.101. The van der Waals surface area contributed by atoms with Crippen LogP contribution < -0.4 is 11.1 Å². The van der Waals surface area contributed by atoms with Gasteiger partial charge in [-0.05, 0) is 24.1 Å². The smallest absolute Gasteiger partial charge is 0.225 e. The number of hydrogen-bond donors (Lipinski definition) is 2. The van der Waals surface area contributed by atoms with Gasteiger partial charge in [-0.15, -0.1) is 0 Å². The highest BCUT2D eigenvalue weighted by atomic mass is 16.1. The fourth-order valence-electron chi connectivity index (χ4n) is 2.13. The van der Waals surface area contributed by atoms with Gasteiger partial charge < -0.3 is 11.1 Å². The number of fused-ring (bicyclic) bond motifs is 1. The quantitative estimate of drug-likeness (QED) is 0.636. The first-order chi connectivity index (χ1) is 6.92. The minimum absolute atomic E-state index is 0.0706. The summed E-state index contributed by atoms with van der Waals surface area (Å²) in [4.78, 5) is 11.6. The monoisotopic (exact) mass is 204 g/mol. The number of nitrogen functional groups attached to an aromatic ring is 1. The third-order valence-electron chi connectivity index (χ3n) is 3.10. The summed E-state index contributed by atoms with van der Waals surface area (Å²) in [5.74, 6) is 0.0706. The maximum atomic E-state index is 11.6. The zero-order valence-electron chi connectivity index (χ0n) is 9.35. The highest BCUT2D eigenvalue weighted by Crippen LogP contribution is 2.40. The fraction of sp³-hybridized carbons (Fsp3) is 0.417. The second-order valence-corrected chi connectivity index (χ2v) is 4.81. The molecule has 3 nitrogen and oxygen atoms in total. The zero-order chi connectivity index (χ0) is 11.2. The summed E-state index contributed by atoms with van der Waals surface area (Å²) < 4.78 is 0. The molecule has 0 fully saturated rings. The molecule has 1 aromatic carbocycles. The van der Waals surface area contributed by atoms with Crippen molar-refractivity contribution in [1.29, 1.82) is 0 Å². The topological polar surface area (TPSA) is 55.1 Å². The predicted molar refractivity (Wildman–Crippen MR) is 61.9 cm³/mol. The Labute approximate surface area is 89.7 Å². The van der Waals surface area contributed by atoms with E-state index in [2.05, 4.69) is 19.2 Å². The average Bonchev–Trinajstić information content (AvgIpc) is 2.10. The number of hydrogen-bond acceptors (Lipinski definition) is 2. The second kappa shape index (κ2) is 2.99. The van der Waals surface area contributed by atoms with Gasteiger partial charge in [0.05, 0.1) is 0 Å². The van der Waals surface area contributed by atoms with Crippen LogP contribution in [0, 0.1) is 6.92 Å². The summed E-state index contributed by atoms with van der Waals surface area (Å²) in [6.07, 6.45) is 0.531. The van der Waals surface area contributed by atoms with E-state index in [1.165, 1.54) is 5.56 Å². The van der Waals surface area contributed by atoms with Crippen LogP contribution in [0.2, 0.25) is 0 Å². The molecule has 3 heteroatoms. The van der Waals surface area contributed by atoms with Gasteiger partial charge in [-0.2, -0.15) is 0 Å². The van der Waals surface area contributed by atoms with E-state index in [9.17, 15) is 4.79 Å². The fourth-order valence-corrected chi connectivity index (χ4v) is 2.13. The van der Waals surface area contributed by atoms with Gasteiger partial charge in [0, 0.05) is 23.2 Å². The van der Waals surface area contributed by atoms with Gasteiger partial charge in [-0.3, -0.25) is 4.79 Å². The van der Waals surface area contributed by atoms with Gasteiger partial charge in [0.25, 0.3) is 0 Å². The molecule has 0 atom stereocenters. The number of anilines is 2. The maximum absolute atomic E-state index is 11.6. The van der Waals surface area contributed by atoms with Crippen LogP contribution in [-0.4, -0.2) is 5.91 Å². The molecule has 1 heterocycles. The summed E-state index contributed by atoms with van der Waals surface area (Å²) in [5, 5.41) is 2.91. The first-order valence-electron chi connectivity index (χ1n) is 5.11. The molecule has 0 saturated heterocycles. The van der Waals surface area contributed by atoms with Crippen molar-refractivity contribution in [3.63, 3.8) is 0 Å². The Bertz CT molecular complexity index is 435.